The molecular formula is C12H10ClNO3. The molecule has 1 heterocycles. The van der Waals surface area contributed by atoms with Crippen molar-refractivity contribution in [2.24, 2.45) is 4.99 Å². The first-order chi connectivity index (χ1) is 8.16. The molecule has 0 spiro atoms. The highest BCUT2D eigenvalue weighted by molar-refractivity contribution is 6.41. The molecule has 0 atom stereocenters. The number of benzene rings is 1. The van der Waals surface area contributed by atoms with E-state index in [-0.39, 0.29) is 24.5 Å². The standard InChI is InChI=1S/C12H10ClNO3/c13-9-3-1-8(2-4-9)11(15)7-10-12(16)17-6-5-14-10/h1-4H,5-7H2. The van der Waals surface area contributed by atoms with Gasteiger partial charge in [0.15, 0.2) is 5.78 Å². The summed E-state index contributed by atoms with van der Waals surface area (Å²) in [6, 6.07) is 6.52. The van der Waals surface area contributed by atoms with Crippen LogP contribution in [0.2, 0.25) is 5.02 Å². The normalized spacial score (nSPS) is 15.1. The first kappa shape index (κ1) is 11.8. The van der Waals surface area contributed by atoms with E-state index in [1.165, 1.54) is 0 Å². The summed E-state index contributed by atoms with van der Waals surface area (Å²) >= 11 is 5.72. The Morgan fingerprint density at radius 2 is 2.06 bits per heavy atom. The fraction of sp³-hybridized carbons (Fsp3) is 0.250. The van der Waals surface area contributed by atoms with Gasteiger partial charge in [-0.2, -0.15) is 0 Å². The van der Waals surface area contributed by atoms with E-state index in [0.717, 1.165) is 0 Å². The summed E-state index contributed by atoms with van der Waals surface area (Å²) in [7, 11) is 0. The smallest absolute Gasteiger partial charge is 0.352 e. The molecule has 2 rings (SSSR count). The summed E-state index contributed by atoms with van der Waals surface area (Å²) in [6.45, 7) is 0.715. The van der Waals surface area contributed by atoms with Gasteiger partial charge < -0.3 is 4.74 Å². The summed E-state index contributed by atoms with van der Waals surface area (Å²) in [5.74, 6) is -0.669. The predicted octanol–water partition coefficient (Wildman–Crippen LogP) is 1.91. The average Bonchev–Trinajstić information content (AvgIpc) is 2.33. The number of aliphatic imine (C=N–C) groups is 1. The molecular weight excluding hydrogens is 242 g/mol. The van der Waals surface area contributed by atoms with Crippen molar-refractivity contribution in [1.82, 2.24) is 0 Å². The van der Waals surface area contributed by atoms with Crippen LogP contribution in [0.25, 0.3) is 0 Å². The van der Waals surface area contributed by atoms with E-state index in [0.29, 0.717) is 17.1 Å². The zero-order valence-electron chi connectivity index (χ0n) is 8.98. The van der Waals surface area contributed by atoms with Crippen molar-refractivity contribution in [3.05, 3.63) is 34.9 Å². The van der Waals surface area contributed by atoms with Crippen LogP contribution in [0.15, 0.2) is 29.3 Å². The van der Waals surface area contributed by atoms with Crippen molar-refractivity contribution in [2.45, 2.75) is 6.42 Å². The Morgan fingerprint density at radius 3 is 2.71 bits per heavy atom. The highest BCUT2D eigenvalue weighted by atomic mass is 35.5. The average molecular weight is 252 g/mol. The molecule has 1 aliphatic rings. The van der Waals surface area contributed by atoms with E-state index in [4.69, 9.17) is 16.3 Å². The van der Waals surface area contributed by atoms with Crippen LogP contribution < -0.4 is 0 Å². The van der Waals surface area contributed by atoms with Crippen LogP contribution in [0, 0.1) is 0 Å². The molecule has 1 aliphatic heterocycles. The second-order valence-electron chi connectivity index (χ2n) is 3.57. The Morgan fingerprint density at radius 1 is 1.35 bits per heavy atom. The van der Waals surface area contributed by atoms with Gasteiger partial charge in [0.05, 0.1) is 13.0 Å². The topological polar surface area (TPSA) is 55.7 Å². The first-order valence-electron chi connectivity index (χ1n) is 5.16. The molecule has 0 saturated carbocycles. The van der Waals surface area contributed by atoms with Gasteiger partial charge in [-0.05, 0) is 24.3 Å². The molecule has 0 bridgehead atoms. The van der Waals surface area contributed by atoms with Crippen molar-refractivity contribution in [3.8, 4) is 0 Å². The van der Waals surface area contributed by atoms with Crippen LogP contribution >= 0.6 is 11.6 Å². The maximum absolute atomic E-state index is 11.8. The molecule has 0 aromatic heterocycles. The zero-order valence-corrected chi connectivity index (χ0v) is 9.74. The minimum absolute atomic E-state index is 0.0273. The van der Waals surface area contributed by atoms with Gasteiger partial charge in [-0.3, -0.25) is 9.79 Å². The minimum atomic E-state index is -0.501. The van der Waals surface area contributed by atoms with Gasteiger partial charge in [-0.25, -0.2) is 4.79 Å². The Kier molecular flexibility index (Phi) is 3.54. The number of halogens is 1. The van der Waals surface area contributed by atoms with Crippen LogP contribution in [0.5, 0.6) is 0 Å². The number of esters is 1. The Balaban J connectivity index is 2.09. The minimum Gasteiger partial charge on any atom is -0.459 e. The molecule has 0 N–H and O–H groups in total. The second kappa shape index (κ2) is 5.10. The zero-order chi connectivity index (χ0) is 12.3. The van der Waals surface area contributed by atoms with Crippen LogP contribution in [0.1, 0.15) is 16.8 Å². The summed E-state index contributed by atoms with van der Waals surface area (Å²) in [5, 5.41) is 0.566. The molecule has 5 heteroatoms. The maximum Gasteiger partial charge on any atom is 0.352 e. The molecule has 0 amide bonds. The highest BCUT2D eigenvalue weighted by Crippen LogP contribution is 2.12. The molecule has 0 saturated heterocycles. The Hall–Kier alpha value is -1.68. The van der Waals surface area contributed by atoms with Gasteiger partial charge in [0.2, 0.25) is 0 Å². The number of nitrogens with zero attached hydrogens (tertiary/aromatic N) is 1. The van der Waals surface area contributed by atoms with Crippen molar-refractivity contribution in [2.75, 3.05) is 13.2 Å². The number of ether oxygens (including phenoxy) is 1. The molecule has 0 radical (unpaired) electrons. The van der Waals surface area contributed by atoms with Gasteiger partial charge in [0.25, 0.3) is 0 Å². The van der Waals surface area contributed by atoms with Crippen LogP contribution in [-0.4, -0.2) is 30.6 Å². The fourth-order valence-electron chi connectivity index (χ4n) is 1.48. The summed E-state index contributed by atoms with van der Waals surface area (Å²) in [4.78, 5) is 27.1. The third-order valence-electron chi connectivity index (χ3n) is 2.36. The summed E-state index contributed by atoms with van der Waals surface area (Å²) < 4.78 is 4.80. The van der Waals surface area contributed by atoms with E-state index in [1.54, 1.807) is 24.3 Å². The monoisotopic (exact) mass is 251 g/mol. The largest absolute Gasteiger partial charge is 0.459 e. The van der Waals surface area contributed by atoms with Gasteiger partial charge >= 0.3 is 5.97 Å². The molecule has 4 nitrogen and oxygen atoms in total. The van der Waals surface area contributed by atoms with Gasteiger partial charge in [-0.15, -0.1) is 0 Å². The summed E-state index contributed by atoms with van der Waals surface area (Å²) in [6.07, 6.45) is -0.0273. The lowest BCUT2D eigenvalue weighted by Crippen LogP contribution is -2.26. The van der Waals surface area contributed by atoms with Crippen molar-refractivity contribution < 1.29 is 14.3 Å². The highest BCUT2D eigenvalue weighted by Gasteiger charge is 2.20. The molecule has 0 unspecified atom stereocenters. The number of Topliss-reactive ketones (excluding diaryl/α,β-unsaturated/α-hetero) is 1. The number of rotatable bonds is 3. The second-order valence-corrected chi connectivity index (χ2v) is 4.01. The first-order valence-corrected chi connectivity index (χ1v) is 5.54. The lowest BCUT2D eigenvalue weighted by atomic mass is 10.1. The van der Waals surface area contributed by atoms with Crippen molar-refractivity contribution in [1.29, 1.82) is 0 Å². The third-order valence-corrected chi connectivity index (χ3v) is 2.61. The van der Waals surface area contributed by atoms with Gasteiger partial charge in [-0.1, -0.05) is 11.6 Å². The molecule has 17 heavy (non-hydrogen) atoms. The number of ketones is 1. The third kappa shape index (κ3) is 2.91. The number of carbonyl (C=O) groups is 2. The number of cyclic esters (lactones) is 1. The van der Waals surface area contributed by atoms with E-state index >= 15 is 0 Å². The van der Waals surface area contributed by atoms with E-state index in [9.17, 15) is 9.59 Å². The molecule has 0 aliphatic carbocycles. The number of hydrogen-bond donors (Lipinski definition) is 0. The Labute approximate surface area is 103 Å². The summed E-state index contributed by atoms with van der Waals surface area (Å²) in [5.41, 5.74) is 0.701. The van der Waals surface area contributed by atoms with E-state index < -0.39 is 5.97 Å². The van der Waals surface area contributed by atoms with Crippen LogP contribution in [0.3, 0.4) is 0 Å². The lowest BCUT2D eigenvalue weighted by molar-refractivity contribution is -0.136. The van der Waals surface area contributed by atoms with Gasteiger partial charge in [0.1, 0.15) is 12.3 Å². The van der Waals surface area contributed by atoms with Crippen LogP contribution in [-0.2, 0) is 9.53 Å². The number of hydrogen-bond acceptors (Lipinski definition) is 4. The maximum atomic E-state index is 11.8. The van der Waals surface area contributed by atoms with Crippen LogP contribution in [0.4, 0.5) is 0 Å². The lowest BCUT2D eigenvalue weighted by Gasteiger charge is -2.11. The van der Waals surface area contributed by atoms with E-state index in [2.05, 4.69) is 4.99 Å². The molecule has 1 aromatic carbocycles. The number of carbonyl (C=O) groups excluding carboxylic acids is 2. The SMILES string of the molecule is O=C1OCCN=C1CC(=O)c1ccc(Cl)cc1. The van der Waals surface area contributed by atoms with Crippen molar-refractivity contribution in [3.63, 3.8) is 0 Å². The molecule has 0 fully saturated rings. The predicted molar refractivity (Wildman–Crippen MR) is 63.7 cm³/mol. The Bertz CT molecular complexity index is 479. The fourth-order valence-corrected chi connectivity index (χ4v) is 1.61. The quantitative estimate of drug-likeness (QED) is 0.609. The van der Waals surface area contributed by atoms with Crippen molar-refractivity contribution >= 4 is 29.1 Å². The molecule has 1 aromatic rings. The van der Waals surface area contributed by atoms with Gasteiger partial charge in [0, 0.05) is 10.6 Å². The molecule has 88 valence electrons. The van der Waals surface area contributed by atoms with E-state index in [1.807, 2.05) is 0 Å².